The highest BCUT2D eigenvalue weighted by atomic mass is 16.6. The Morgan fingerprint density at radius 2 is 1.86 bits per heavy atom. The second-order valence-electron chi connectivity index (χ2n) is 6.83. The Bertz CT molecular complexity index is 411. The van der Waals surface area contributed by atoms with Gasteiger partial charge in [0, 0.05) is 19.0 Å². The third-order valence-electron chi connectivity index (χ3n) is 3.77. The molecule has 1 fully saturated rings. The van der Waals surface area contributed by atoms with Crippen LogP contribution in [0.5, 0.6) is 0 Å². The van der Waals surface area contributed by atoms with Gasteiger partial charge in [-0.3, -0.25) is 9.59 Å². The molecule has 0 N–H and O–H groups in total. The lowest BCUT2D eigenvalue weighted by molar-refractivity contribution is -0.131. The zero-order valence-corrected chi connectivity index (χ0v) is 13.8. The van der Waals surface area contributed by atoms with Gasteiger partial charge in [-0.05, 0) is 40.0 Å². The van der Waals surface area contributed by atoms with Crippen molar-refractivity contribution in [3.05, 3.63) is 0 Å². The van der Waals surface area contributed by atoms with Crippen molar-refractivity contribution < 1.29 is 19.1 Å². The van der Waals surface area contributed by atoms with Gasteiger partial charge in [0.1, 0.15) is 17.2 Å². The van der Waals surface area contributed by atoms with Crippen LogP contribution in [0.4, 0.5) is 4.79 Å². The van der Waals surface area contributed by atoms with Gasteiger partial charge in [-0.2, -0.15) is 0 Å². The molecule has 0 bridgehead atoms. The van der Waals surface area contributed by atoms with Gasteiger partial charge in [-0.25, -0.2) is 4.79 Å². The van der Waals surface area contributed by atoms with Gasteiger partial charge in [0.25, 0.3) is 0 Å². The van der Waals surface area contributed by atoms with Crippen LogP contribution < -0.4 is 0 Å². The van der Waals surface area contributed by atoms with E-state index in [1.165, 1.54) is 6.92 Å². The van der Waals surface area contributed by atoms with Crippen molar-refractivity contribution in [3.63, 3.8) is 0 Å². The number of hydrogen-bond donors (Lipinski definition) is 0. The lowest BCUT2D eigenvalue weighted by Crippen LogP contribution is -2.48. The molecule has 5 nitrogen and oxygen atoms in total. The minimum atomic E-state index is -0.544. The first-order chi connectivity index (χ1) is 9.64. The molecule has 0 aliphatic carbocycles. The summed E-state index contributed by atoms with van der Waals surface area (Å²) in [5.41, 5.74) is -0.544. The maximum absolute atomic E-state index is 12.2. The third kappa shape index (κ3) is 5.48. The predicted octanol–water partition coefficient (Wildman–Crippen LogP) is 2.82. The number of ether oxygens (including phenoxy) is 1. The van der Waals surface area contributed by atoms with Crippen LogP contribution in [0, 0.1) is 11.8 Å². The molecule has 0 spiro atoms. The van der Waals surface area contributed by atoms with E-state index in [0.717, 1.165) is 12.8 Å². The van der Waals surface area contributed by atoms with Crippen LogP contribution >= 0.6 is 0 Å². The highest BCUT2D eigenvalue weighted by molar-refractivity contribution is 5.99. The maximum atomic E-state index is 12.2. The SMILES string of the molecule is CCC1CCN(C(=O)OC(C)(C)C)CC1C(=O)CC(C)=O. The summed E-state index contributed by atoms with van der Waals surface area (Å²) in [6.45, 7) is 9.90. The fraction of sp³-hybridized carbons (Fsp3) is 0.812. The van der Waals surface area contributed by atoms with Crippen LogP contribution in [0.3, 0.4) is 0 Å². The van der Waals surface area contributed by atoms with Crippen molar-refractivity contribution >= 4 is 17.7 Å². The van der Waals surface area contributed by atoms with Gasteiger partial charge >= 0.3 is 6.09 Å². The van der Waals surface area contributed by atoms with Crippen LogP contribution in [0.2, 0.25) is 0 Å². The van der Waals surface area contributed by atoms with E-state index in [4.69, 9.17) is 4.74 Å². The Morgan fingerprint density at radius 1 is 1.24 bits per heavy atom. The van der Waals surface area contributed by atoms with E-state index in [-0.39, 0.29) is 35.9 Å². The molecular formula is C16H27NO4. The maximum Gasteiger partial charge on any atom is 0.410 e. The van der Waals surface area contributed by atoms with E-state index in [0.29, 0.717) is 13.1 Å². The van der Waals surface area contributed by atoms with Crippen molar-refractivity contribution in [1.29, 1.82) is 0 Å². The predicted molar refractivity (Wildman–Crippen MR) is 80.0 cm³/mol. The van der Waals surface area contributed by atoms with Gasteiger partial charge in [0.05, 0.1) is 6.42 Å². The molecule has 1 rings (SSSR count). The lowest BCUT2D eigenvalue weighted by Gasteiger charge is -2.38. The quantitative estimate of drug-likeness (QED) is 0.748. The largest absolute Gasteiger partial charge is 0.444 e. The zero-order valence-electron chi connectivity index (χ0n) is 13.8. The van der Waals surface area contributed by atoms with Crippen LogP contribution in [-0.2, 0) is 14.3 Å². The van der Waals surface area contributed by atoms with Crippen LogP contribution in [0.1, 0.15) is 53.9 Å². The average molecular weight is 297 g/mol. The van der Waals surface area contributed by atoms with E-state index in [1.54, 1.807) is 4.90 Å². The summed E-state index contributed by atoms with van der Waals surface area (Å²) in [6, 6.07) is 0. The van der Waals surface area contributed by atoms with E-state index in [2.05, 4.69) is 0 Å². The third-order valence-corrected chi connectivity index (χ3v) is 3.77. The molecule has 1 aliphatic rings. The molecule has 1 aliphatic heterocycles. The highest BCUT2D eigenvalue weighted by Gasteiger charge is 2.36. The summed E-state index contributed by atoms with van der Waals surface area (Å²) < 4.78 is 5.36. The topological polar surface area (TPSA) is 63.7 Å². The fourth-order valence-electron chi connectivity index (χ4n) is 2.72. The number of hydrogen-bond acceptors (Lipinski definition) is 4. The summed E-state index contributed by atoms with van der Waals surface area (Å²) in [6.07, 6.45) is 1.25. The molecular weight excluding hydrogens is 270 g/mol. The molecule has 0 aromatic rings. The summed E-state index contributed by atoms with van der Waals surface area (Å²) in [7, 11) is 0. The van der Waals surface area contributed by atoms with E-state index in [1.807, 2.05) is 27.7 Å². The van der Waals surface area contributed by atoms with Gasteiger partial charge < -0.3 is 9.64 Å². The molecule has 21 heavy (non-hydrogen) atoms. The van der Waals surface area contributed by atoms with E-state index in [9.17, 15) is 14.4 Å². The first-order valence-corrected chi connectivity index (χ1v) is 7.64. The molecule has 2 atom stereocenters. The molecule has 2 unspecified atom stereocenters. The molecule has 0 radical (unpaired) electrons. The second-order valence-corrected chi connectivity index (χ2v) is 6.83. The Kier molecular flexibility index (Phi) is 5.93. The van der Waals surface area contributed by atoms with Crippen LogP contribution in [-0.4, -0.2) is 41.3 Å². The van der Waals surface area contributed by atoms with Crippen molar-refractivity contribution in [1.82, 2.24) is 4.90 Å². The summed E-state index contributed by atoms with van der Waals surface area (Å²) in [5.74, 6) is -0.178. The monoisotopic (exact) mass is 297 g/mol. The average Bonchev–Trinajstić information content (AvgIpc) is 2.35. The molecule has 1 amide bonds. The molecule has 0 saturated carbocycles. The number of amides is 1. The van der Waals surface area contributed by atoms with Gasteiger partial charge in [0.2, 0.25) is 0 Å². The van der Waals surface area contributed by atoms with Crippen molar-refractivity contribution in [2.45, 2.75) is 59.5 Å². The molecule has 1 heterocycles. The number of ketones is 2. The standard InChI is InChI=1S/C16H27NO4/c1-6-12-7-8-17(15(20)21-16(3,4)5)10-13(12)14(19)9-11(2)18/h12-13H,6-10H2,1-5H3. The number of piperidine rings is 1. The molecule has 5 heteroatoms. The lowest BCUT2D eigenvalue weighted by atomic mass is 9.80. The Balaban J connectivity index is 2.74. The zero-order chi connectivity index (χ0) is 16.2. The summed E-state index contributed by atoms with van der Waals surface area (Å²) in [4.78, 5) is 37.1. The van der Waals surface area contributed by atoms with E-state index < -0.39 is 5.60 Å². The number of likely N-dealkylation sites (tertiary alicyclic amines) is 1. The number of carbonyl (C=O) groups is 3. The molecule has 0 aromatic carbocycles. The normalized spacial score (nSPS) is 22.8. The number of rotatable bonds is 4. The molecule has 1 saturated heterocycles. The van der Waals surface area contributed by atoms with E-state index >= 15 is 0 Å². The summed E-state index contributed by atoms with van der Waals surface area (Å²) >= 11 is 0. The Hall–Kier alpha value is -1.39. The van der Waals surface area contributed by atoms with Gasteiger partial charge in [-0.1, -0.05) is 13.3 Å². The highest BCUT2D eigenvalue weighted by Crippen LogP contribution is 2.29. The van der Waals surface area contributed by atoms with Crippen LogP contribution in [0.15, 0.2) is 0 Å². The number of Topliss-reactive ketones (excluding diaryl/α,β-unsaturated/α-hetero) is 2. The first-order valence-electron chi connectivity index (χ1n) is 7.64. The minimum Gasteiger partial charge on any atom is -0.444 e. The van der Waals surface area contributed by atoms with Crippen molar-refractivity contribution in [2.75, 3.05) is 13.1 Å². The smallest absolute Gasteiger partial charge is 0.410 e. The molecule has 0 aromatic heterocycles. The van der Waals surface area contributed by atoms with Gasteiger partial charge in [0.15, 0.2) is 0 Å². The second kappa shape index (κ2) is 7.05. The summed E-state index contributed by atoms with van der Waals surface area (Å²) in [5, 5.41) is 0. The number of carbonyl (C=O) groups excluding carboxylic acids is 3. The van der Waals surface area contributed by atoms with Crippen LogP contribution in [0.25, 0.3) is 0 Å². The first kappa shape index (κ1) is 17.7. The van der Waals surface area contributed by atoms with Gasteiger partial charge in [-0.15, -0.1) is 0 Å². The van der Waals surface area contributed by atoms with Crippen molar-refractivity contribution in [2.24, 2.45) is 11.8 Å². The minimum absolute atomic E-state index is 0.0384. The Labute approximate surface area is 127 Å². The fourth-order valence-corrected chi connectivity index (χ4v) is 2.72. The Morgan fingerprint density at radius 3 is 2.33 bits per heavy atom. The van der Waals surface area contributed by atoms with Crippen molar-refractivity contribution in [3.8, 4) is 0 Å². The number of nitrogens with zero attached hydrogens (tertiary/aromatic N) is 1. The molecule has 120 valence electrons.